The first-order valence-electron chi connectivity index (χ1n) is 12.9. The van der Waals surface area contributed by atoms with Crippen molar-refractivity contribution in [1.82, 2.24) is 4.57 Å². The second-order valence-corrected chi connectivity index (χ2v) is 12.3. The molecule has 0 fully saturated rings. The molecule has 1 atom stereocenters. The molecular weight excluding hydrogens is 578 g/mol. The van der Waals surface area contributed by atoms with Crippen LogP contribution in [0.5, 0.6) is 0 Å². The van der Waals surface area contributed by atoms with Crippen LogP contribution in [0, 0.1) is 11.7 Å². The number of nitrogens with zero attached hydrogens (tertiary/aromatic N) is 2. The van der Waals surface area contributed by atoms with Gasteiger partial charge in [0.2, 0.25) is 5.91 Å². The Morgan fingerprint density at radius 1 is 1.15 bits per heavy atom. The van der Waals surface area contributed by atoms with Crippen LogP contribution < -0.4 is 10.1 Å². The van der Waals surface area contributed by atoms with Crippen LogP contribution in [0.25, 0.3) is 10.2 Å². The zero-order valence-corrected chi connectivity index (χ0v) is 24.9. The maximum atomic E-state index is 13.8. The topological polar surface area (TPSA) is 116 Å². The lowest BCUT2D eigenvalue weighted by Gasteiger charge is -2.18. The number of halogens is 1. The molecule has 13 heteroatoms. The maximum Gasteiger partial charge on any atom is 0.341 e. The third-order valence-corrected chi connectivity index (χ3v) is 9.29. The first kappa shape index (κ1) is 29.9. The van der Waals surface area contributed by atoms with Crippen LogP contribution in [0.3, 0.4) is 0 Å². The van der Waals surface area contributed by atoms with Gasteiger partial charge in [-0.15, -0.1) is 23.1 Å². The number of carbonyl (C=O) groups is 4. The number of hydrogen-bond donors (Lipinski definition) is 1. The molecule has 4 rings (SSSR count). The fourth-order valence-electron chi connectivity index (χ4n) is 4.41. The van der Waals surface area contributed by atoms with Crippen LogP contribution in [0.4, 0.5) is 9.39 Å². The summed E-state index contributed by atoms with van der Waals surface area (Å²) in [7, 11) is 0. The molecule has 0 saturated heterocycles. The fourth-order valence-corrected chi connectivity index (χ4v) is 7.50. The number of amides is 2. The molecule has 9 nitrogen and oxygen atoms in total. The first-order valence-corrected chi connectivity index (χ1v) is 15.7. The smallest absolute Gasteiger partial charge is 0.341 e. The zero-order chi connectivity index (χ0) is 28.8. The van der Waals surface area contributed by atoms with Crippen LogP contribution in [0.2, 0.25) is 0 Å². The average Bonchev–Trinajstić information content (AvgIpc) is 3.40. The van der Waals surface area contributed by atoms with Crippen molar-refractivity contribution in [2.75, 3.05) is 30.0 Å². The number of rotatable bonds is 10. The highest BCUT2D eigenvalue weighted by Crippen LogP contribution is 2.40. The normalized spacial score (nSPS) is 15.1. The minimum absolute atomic E-state index is 0.0249. The Morgan fingerprint density at radius 3 is 2.67 bits per heavy atom. The van der Waals surface area contributed by atoms with E-state index >= 15 is 0 Å². The Bertz CT molecular complexity index is 1510. The summed E-state index contributed by atoms with van der Waals surface area (Å²) >= 11 is 3.58. The average molecular weight is 608 g/mol. The minimum Gasteiger partial charge on any atom is -0.465 e. The van der Waals surface area contributed by atoms with Gasteiger partial charge < -0.3 is 19.4 Å². The van der Waals surface area contributed by atoms with Crippen molar-refractivity contribution < 1.29 is 33.0 Å². The van der Waals surface area contributed by atoms with E-state index < -0.39 is 23.7 Å². The predicted molar refractivity (Wildman–Crippen MR) is 154 cm³/mol. The Kier molecular flexibility index (Phi) is 10.1. The van der Waals surface area contributed by atoms with E-state index in [0.717, 1.165) is 52.8 Å². The molecule has 0 aliphatic heterocycles. The highest BCUT2D eigenvalue weighted by atomic mass is 32.2. The van der Waals surface area contributed by atoms with E-state index in [1.807, 2.05) is 0 Å². The first-order chi connectivity index (χ1) is 19.2. The van der Waals surface area contributed by atoms with Gasteiger partial charge in [-0.05, 0) is 62.8 Å². The van der Waals surface area contributed by atoms with Crippen molar-refractivity contribution in [3.8, 4) is 0 Å². The summed E-state index contributed by atoms with van der Waals surface area (Å²) in [4.78, 5) is 55.7. The molecule has 2 aromatic heterocycles. The summed E-state index contributed by atoms with van der Waals surface area (Å²) < 4.78 is 26.1. The molecule has 0 radical (unpaired) electrons. The van der Waals surface area contributed by atoms with Crippen LogP contribution in [0.15, 0.2) is 23.2 Å². The van der Waals surface area contributed by atoms with Gasteiger partial charge in [0.05, 0.1) is 40.5 Å². The summed E-state index contributed by atoms with van der Waals surface area (Å²) in [5.41, 5.74) is 1.95. The molecule has 1 aliphatic carbocycles. The number of esters is 2. The Labute approximate surface area is 242 Å². The van der Waals surface area contributed by atoms with Crippen LogP contribution in [-0.4, -0.2) is 53.0 Å². The number of thiophene rings is 1. The molecule has 214 valence electrons. The number of nitrogens with one attached hydrogen (secondary N) is 1. The van der Waals surface area contributed by atoms with E-state index in [9.17, 15) is 23.6 Å². The zero-order valence-electron chi connectivity index (χ0n) is 22.4. The van der Waals surface area contributed by atoms with Gasteiger partial charge in [0.1, 0.15) is 17.4 Å². The monoisotopic (exact) mass is 607 g/mol. The molecule has 1 aromatic carbocycles. The third kappa shape index (κ3) is 7.18. The Morgan fingerprint density at radius 2 is 1.93 bits per heavy atom. The number of carbonyl (C=O) groups excluding carboxylic acids is 4. The van der Waals surface area contributed by atoms with Crippen molar-refractivity contribution in [3.05, 3.63) is 44.8 Å². The lowest BCUT2D eigenvalue weighted by molar-refractivity contribution is -0.143. The fraction of sp³-hybridized carbons (Fsp3) is 0.444. The summed E-state index contributed by atoms with van der Waals surface area (Å²) in [6, 6.07) is 4.11. The summed E-state index contributed by atoms with van der Waals surface area (Å²) in [5, 5.41) is 3.32. The van der Waals surface area contributed by atoms with E-state index in [4.69, 9.17) is 9.47 Å². The number of hydrogen-bond acceptors (Lipinski definition) is 9. The number of fused-ring (bicyclic) bond motifs is 2. The second-order valence-electron chi connectivity index (χ2n) is 9.21. The number of aromatic nitrogens is 1. The van der Waals surface area contributed by atoms with Gasteiger partial charge in [-0.1, -0.05) is 18.3 Å². The highest BCUT2D eigenvalue weighted by molar-refractivity contribution is 8.00. The van der Waals surface area contributed by atoms with Crippen molar-refractivity contribution in [3.63, 3.8) is 0 Å². The molecule has 3 aromatic rings. The summed E-state index contributed by atoms with van der Waals surface area (Å²) in [6.45, 7) is 5.87. The van der Waals surface area contributed by atoms with Gasteiger partial charge in [0.25, 0.3) is 5.91 Å². The van der Waals surface area contributed by atoms with Gasteiger partial charge in [0.15, 0.2) is 4.80 Å². The SMILES string of the molecule is CCOC(=O)Cn1c(=NC(=O)CSCC(=O)Nc2sc3c(c2C(=O)OCC)CCC(C)C3)sc2cc(F)ccc21. The van der Waals surface area contributed by atoms with Gasteiger partial charge in [-0.2, -0.15) is 4.99 Å². The molecule has 0 saturated carbocycles. The number of anilines is 1. The molecule has 0 bridgehead atoms. The predicted octanol–water partition coefficient (Wildman–Crippen LogP) is 4.57. The van der Waals surface area contributed by atoms with E-state index in [0.29, 0.717) is 26.7 Å². The summed E-state index contributed by atoms with van der Waals surface area (Å²) in [6.07, 6.45) is 2.59. The van der Waals surface area contributed by atoms with Gasteiger partial charge in [-0.3, -0.25) is 14.4 Å². The third-order valence-electron chi connectivity index (χ3n) is 6.16. The Hall–Kier alpha value is -3.03. The summed E-state index contributed by atoms with van der Waals surface area (Å²) in [5.74, 6) is -1.83. The Balaban J connectivity index is 1.43. The van der Waals surface area contributed by atoms with Crippen LogP contribution in [0.1, 0.15) is 48.0 Å². The van der Waals surface area contributed by atoms with E-state index in [1.165, 1.54) is 34.1 Å². The molecule has 0 spiro atoms. The highest BCUT2D eigenvalue weighted by Gasteiger charge is 2.29. The lowest BCUT2D eigenvalue weighted by atomic mass is 9.88. The lowest BCUT2D eigenvalue weighted by Crippen LogP contribution is -2.23. The molecule has 1 aliphatic rings. The van der Waals surface area contributed by atoms with Crippen LogP contribution in [-0.2, 0) is 43.2 Å². The molecule has 1 unspecified atom stereocenters. The van der Waals surface area contributed by atoms with E-state index in [-0.39, 0.29) is 42.0 Å². The number of ether oxygens (including phenoxy) is 2. The maximum absolute atomic E-state index is 13.8. The molecular formula is C27H30FN3O6S3. The van der Waals surface area contributed by atoms with Gasteiger partial charge in [0, 0.05) is 4.88 Å². The van der Waals surface area contributed by atoms with Gasteiger partial charge >= 0.3 is 11.9 Å². The number of thiazole rings is 1. The quantitative estimate of drug-likeness (QED) is 0.336. The van der Waals surface area contributed by atoms with Crippen LogP contribution >= 0.6 is 34.4 Å². The van der Waals surface area contributed by atoms with Crippen molar-refractivity contribution in [1.29, 1.82) is 0 Å². The van der Waals surface area contributed by atoms with Gasteiger partial charge in [-0.25, -0.2) is 9.18 Å². The largest absolute Gasteiger partial charge is 0.465 e. The molecule has 40 heavy (non-hydrogen) atoms. The number of benzene rings is 1. The second kappa shape index (κ2) is 13.6. The standard InChI is InChI=1S/C27H30FN3O6S3/c1-4-36-23(34)12-31-18-9-7-16(28)11-20(18)40-27(31)30-22(33)14-38-13-21(32)29-25-24(26(35)37-5-2)17-8-6-15(3)10-19(17)39-25/h7,9,11,15H,4-6,8,10,12-14H2,1-3H3,(H,29,32). The van der Waals surface area contributed by atoms with Crippen molar-refractivity contribution in [2.24, 2.45) is 10.9 Å². The minimum atomic E-state index is -0.504. The van der Waals surface area contributed by atoms with Crippen molar-refractivity contribution in [2.45, 2.75) is 46.6 Å². The molecule has 2 heterocycles. The molecule has 1 N–H and O–H groups in total. The van der Waals surface area contributed by atoms with E-state index in [1.54, 1.807) is 13.8 Å². The van der Waals surface area contributed by atoms with Crippen molar-refractivity contribution >= 4 is 73.4 Å². The number of thioether (sulfide) groups is 1. The molecule has 2 amide bonds. The van der Waals surface area contributed by atoms with E-state index in [2.05, 4.69) is 17.2 Å².